The Balaban J connectivity index is 2.80. The van der Waals surface area contributed by atoms with Crippen molar-refractivity contribution in [2.75, 3.05) is 0 Å². The SMILES string of the molecule is O=[N+]([O-])[Sn]. The van der Waals surface area contributed by atoms with Gasteiger partial charge in [-0.2, -0.15) is 0 Å². The molecule has 0 N–H and O–H groups in total. The molecular weight excluding hydrogens is 165 g/mol. The molecule has 0 heterocycles. The monoisotopic (exact) mass is 166 g/mol. The minimum absolute atomic E-state index is 0.359. The van der Waals surface area contributed by atoms with Crippen molar-refractivity contribution in [3.8, 4) is 0 Å². The van der Waals surface area contributed by atoms with Crippen LogP contribution in [0.5, 0.6) is 0 Å². The summed E-state index contributed by atoms with van der Waals surface area (Å²) in [6, 6.07) is 0. The minimum atomic E-state index is -0.410. The van der Waals surface area contributed by atoms with E-state index in [1.807, 2.05) is 0 Å². The third-order valence-corrected chi connectivity index (χ3v) is 0. The predicted molar refractivity (Wildman–Crippen MR) is 12.7 cm³/mol. The zero-order valence-electron chi connectivity index (χ0n) is 1.76. The maximum absolute atomic E-state index is 8.85. The van der Waals surface area contributed by atoms with Crippen LogP contribution in [-0.4, -0.2) is 25.9 Å². The van der Waals surface area contributed by atoms with E-state index in [4.69, 9.17) is 10.1 Å². The Hall–Kier alpha value is 0.199. The number of nitro groups is 1. The van der Waals surface area contributed by atoms with E-state index in [1.54, 1.807) is 0 Å². The van der Waals surface area contributed by atoms with Crippen molar-refractivity contribution in [3.63, 3.8) is 0 Å². The van der Waals surface area contributed by atoms with Crippen molar-refractivity contribution in [3.05, 3.63) is 10.1 Å². The third-order valence-electron chi connectivity index (χ3n) is 0. The normalized spacial score (nSPS) is 6.25. The Kier molecular flexibility index (Phi) is 1.59. The molecule has 4 heteroatoms. The van der Waals surface area contributed by atoms with Gasteiger partial charge in [0.25, 0.3) is 0 Å². The number of hydrogen-bond donors (Lipinski definition) is 0. The Morgan fingerprint density at radius 3 is 2.00 bits per heavy atom. The first-order valence-corrected chi connectivity index (χ1v) is 1.87. The Morgan fingerprint density at radius 2 is 2.00 bits per heavy atom. The molecule has 0 rings (SSSR count). The summed E-state index contributed by atoms with van der Waals surface area (Å²) in [5.74, 6) is 0. The van der Waals surface area contributed by atoms with Crippen LogP contribution in [0.3, 0.4) is 0 Å². The van der Waals surface area contributed by atoms with Gasteiger partial charge in [-0.1, -0.05) is 0 Å². The van der Waals surface area contributed by atoms with Gasteiger partial charge in [-0.25, -0.2) is 0 Å². The van der Waals surface area contributed by atoms with Crippen LogP contribution < -0.4 is 0 Å². The van der Waals surface area contributed by atoms with Crippen LogP contribution in [0.4, 0.5) is 0 Å². The first kappa shape index (κ1) is 4.20. The van der Waals surface area contributed by atoms with Crippen LogP contribution >= 0.6 is 0 Å². The Labute approximate surface area is 36.6 Å². The molecule has 0 aromatic heterocycles. The predicted octanol–water partition coefficient (Wildman–Crippen LogP) is -0.653. The molecule has 21 valence electrons. The number of hydrogen-bond acceptors (Lipinski definition) is 2. The average Bonchev–Trinajstić information content (AvgIpc) is 0.811. The van der Waals surface area contributed by atoms with Crippen molar-refractivity contribution >= 4 is 22.8 Å². The molecule has 0 aliphatic carbocycles. The molecule has 0 amide bonds. The second-order valence-electron chi connectivity index (χ2n) is 0.257. The van der Waals surface area contributed by atoms with Gasteiger partial charge < -0.3 is 0 Å². The first-order chi connectivity index (χ1) is 1.73. The third kappa shape index (κ3) is 80.0. The summed E-state index contributed by atoms with van der Waals surface area (Å²) in [7, 11) is 0. The summed E-state index contributed by atoms with van der Waals surface area (Å²) in [6.45, 7) is 0. The fourth-order valence-corrected chi connectivity index (χ4v) is 0. The van der Waals surface area contributed by atoms with Crippen LogP contribution in [0, 0.1) is 10.1 Å². The zero-order valence-corrected chi connectivity index (χ0v) is 4.62. The van der Waals surface area contributed by atoms with Crippen LogP contribution in [0.25, 0.3) is 0 Å². The van der Waals surface area contributed by atoms with E-state index in [0.717, 1.165) is 0 Å². The standard InChI is InChI=1S/NO2.Sn/c2-1-3;. The van der Waals surface area contributed by atoms with Crippen molar-refractivity contribution in [1.29, 1.82) is 0 Å². The van der Waals surface area contributed by atoms with Gasteiger partial charge in [0.2, 0.25) is 0 Å². The quantitative estimate of drug-likeness (QED) is 0.271. The van der Waals surface area contributed by atoms with Gasteiger partial charge in [-0.15, -0.1) is 0 Å². The van der Waals surface area contributed by atoms with Gasteiger partial charge in [0.05, 0.1) is 0 Å². The summed E-state index contributed by atoms with van der Waals surface area (Å²) >= 11 is 0.359. The van der Waals surface area contributed by atoms with E-state index in [9.17, 15) is 0 Å². The Bertz CT molecular complexity index is 29.0. The molecule has 0 fully saturated rings. The molecule has 0 saturated heterocycles. The molecule has 0 atom stereocenters. The molecule has 0 aliphatic rings. The molecule has 0 bridgehead atoms. The topological polar surface area (TPSA) is 43.1 Å². The maximum atomic E-state index is 8.85. The van der Waals surface area contributed by atoms with Gasteiger partial charge in [0.1, 0.15) is 0 Å². The number of rotatable bonds is 0. The van der Waals surface area contributed by atoms with Crippen LogP contribution in [0.15, 0.2) is 0 Å². The molecule has 0 spiro atoms. The van der Waals surface area contributed by atoms with Crippen molar-refractivity contribution < 1.29 is 3.15 Å². The molecule has 0 aromatic rings. The average molecular weight is 165 g/mol. The first-order valence-electron chi connectivity index (χ1n) is 0.589. The molecule has 3 nitrogen and oxygen atoms in total. The van der Waals surface area contributed by atoms with Gasteiger partial charge in [-0.3, -0.25) is 0 Å². The van der Waals surface area contributed by atoms with Crippen molar-refractivity contribution in [2.45, 2.75) is 0 Å². The molecule has 0 aliphatic heterocycles. The van der Waals surface area contributed by atoms with E-state index in [-0.39, 0.29) is 0 Å². The zero-order chi connectivity index (χ0) is 3.58. The molecule has 3 radical (unpaired) electrons. The summed E-state index contributed by atoms with van der Waals surface area (Å²) < 4.78 is -0.410. The van der Waals surface area contributed by atoms with Gasteiger partial charge in [0, 0.05) is 0 Å². The van der Waals surface area contributed by atoms with Gasteiger partial charge >= 0.3 is 36.1 Å². The van der Waals surface area contributed by atoms with Crippen molar-refractivity contribution in [1.82, 2.24) is 0 Å². The van der Waals surface area contributed by atoms with Crippen LogP contribution in [-0.2, 0) is 0 Å². The second-order valence-corrected chi connectivity index (χ2v) is 1.30. The Morgan fingerprint density at radius 1 is 2.00 bits per heavy atom. The van der Waals surface area contributed by atoms with E-state index in [2.05, 4.69) is 0 Å². The van der Waals surface area contributed by atoms with Crippen LogP contribution in [0.1, 0.15) is 0 Å². The molecular formula is NO2Sn. The number of nitrogens with zero attached hydrogens (tertiary/aromatic N) is 1. The second kappa shape index (κ2) is 1.51. The van der Waals surface area contributed by atoms with Crippen molar-refractivity contribution in [2.24, 2.45) is 0 Å². The summed E-state index contributed by atoms with van der Waals surface area (Å²) in [5.41, 5.74) is 0. The van der Waals surface area contributed by atoms with E-state index in [1.165, 1.54) is 0 Å². The molecule has 4 heavy (non-hydrogen) atoms. The van der Waals surface area contributed by atoms with E-state index >= 15 is 0 Å². The van der Waals surface area contributed by atoms with Gasteiger partial charge in [0.15, 0.2) is 0 Å². The molecule has 0 aromatic carbocycles. The molecule has 0 unspecified atom stereocenters. The summed E-state index contributed by atoms with van der Waals surface area (Å²) in [5, 5.41) is 8.85. The van der Waals surface area contributed by atoms with E-state index < -0.39 is 3.15 Å². The summed E-state index contributed by atoms with van der Waals surface area (Å²) in [6.07, 6.45) is 0. The fraction of sp³-hybridized carbons (Fsp3) is 0. The summed E-state index contributed by atoms with van der Waals surface area (Å²) in [4.78, 5) is 8.85. The molecule has 0 saturated carbocycles. The fourth-order valence-electron chi connectivity index (χ4n) is 0. The van der Waals surface area contributed by atoms with E-state index in [0.29, 0.717) is 22.8 Å². The van der Waals surface area contributed by atoms with Gasteiger partial charge in [-0.05, 0) is 0 Å². The van der Waals surface area contributed by atoms with Crippen LogP contribution in [0.2, 0.25) is 0 Å².